The molecule has 0 saturated carbocycles. The third-order valence-electron chi connectivity index (χ3n) is 2.21. The van der Waals surface area contributed by atoms with E-state index < -0.39 is 43.0 Å². The van der Waals surface area contributed by atoms with E-state index in [1.54, 1.807) is 0 Å². The van der Waals surface area contributed by atoms with Gasteiger partial charge >= 0.3 is 83.3 Å². The van der Waals surface area contributed by atoms with E-state index in [1.165, 1.54) is 11.4 Å². The molecule has 0 aromatic heterocycles. The molecule has 84 valence electrons. The van der Waals surface area contributed by atoms with E-state index in [0.717, 1.165) is 0 Å². The van der Waals surface area contributed by atoms with Crippen LogP contribution in [0.25, 0.3) is 0 Å². The Morgan fingerprint density at radius 2 is 1.71 bits per heavy atom. The van der Waals surface area contributed by atoms with E-state index in [4.69, 9.17) is 14.9 Å². The Balaban J connectivity index is 2.76. The third kappa shape index (κ3) is 2.21. The average molecular weight is 270 g/mol. The summed E-state index contributed by atoms with van der Waals surface area (Å²) in [4.78, 5) is -1.32. The van der Waals surface area contributed by atoms with Gasteiger partial charge in [-0.15, -0.1) is 0 Å². The molecule has 1 saturated heterocycles. The quantitative estimate of drug-likeness (QED) is 0.431. The molecule has 0 amide bonds. The first-order valence-corrected chi connectivity index (χ1v) is 9.78. The van der Waals surface area contributed by atoms with Crippen LogP contribution in [-0.4, -0.2) is 63.4 Å². The van der Waals surface area contributed by atoms with Gasteiger partial charge in [-0.2, -0.15) is 0 Å². The normalized spacial score (nSPS) is 41.3. The van der Waals surface area contributed by atoms with E-state index in [0.29, 0.717) is 0 Å². The van der Waals surface area contributed by atoms with Crippen LogP contribution in [0.2, 0.25) is 11.4 Å². The second-order valence-corrected chi connectivity index (χ2v) is 10.9. The Bertz CT molecular complexity index is 251. The van der Waals surface area contributed by atoms with Gasteiger partial charge in [0.2, 0.25) is 0 Å². The van der Waals surface area contributed by atoms with Gasteiger partial charge in [0.1, 0.15) is 0 Å². The van der Waals surface area contributed by atoms with Crippen molar-refractivity contribution in [1.29, 1.82) is 0 Å². The summed E-state index contributed by atoms with van der Waals surface area (Å²) < 4.78 is 16.2. The second-order valence-electron chi connectivity index (χ2n) is 3.82. The fraction of sp³-hybridized carbons (Fsp3) is 1.00. The SMILES string of the molecule is C[As](C)(=O)C(O)[C@H]1O[C@@H](O)[C@H](O)[C@@H]1O. The van der Waals surface area contributed by atoms with Crippen molar-refractivity contribution in [2.24, 2.45) is 0 Å². The van der Waals surface area contributed by atoms with Gasteiger partial charge in [0, 0.05) is 0 Å². The van der Waals surface area contributed by atoms with Crippen molar-refractivity contribution < 1.29 is 28.9 Å². The molecule has 0 bridgehead atoms. The summed E-state index contributed by atoms with van der Waals surface area (Å²) in [5.41, 5.74) is 2.80. The van der Waals surface area contributed by atoms with Gasteiger partial charge in [-0.1, -0.05) is 0 Å². The van der Waals surface area contributed by atoms with Crippen molar-refractivity contribution >= 4 is 13.5 Å². The average Bonchev–Trinajstić information content (AvgIpc) is 2.30. The number of aliphatic hydroxyl groups is 4. The van der Waals surface area contributed by atoms with Gasteiger partial charge in [0.25, 0.3) is 0 Å². The summed E-state index contributed by atoms with van der Waals surface area (Å²) in [5.74, 6) is 0. The zero-order valence-corrected chi connectivity index (χ0v) is 9.82. The predicted octanol–water partition coefficient (Wildman–Crippen LogP) is -2.04. The van der Waals surface area contributed by atoms with E-state index in [-0.39, 0.29) is 0 Å². The maximum absolute atomic E-state index is 11.5. The molecular weight excluding hydrogens is 255 g/mol. The van der Waals surface area contributed by atoms with Crippen molar-refractivity contribution in [3.05, 3.63) is 0 Å². The summed E-state index contributed by atoms with van der Waals surface area (Å²) in [6.45, 7) is 0. The number of hydrogen-bond acceptors (Lipinski definition) is 6. The maximum atomic E-state index is 11.5. The van der Waals surface area contributed by atoms with E-state index in [2.05, 4.69) is 0 Å². The molecule has 0 aromatic carbocycles. The molecule has 4 N–H and O–H groups in total. The molecule has 14 heavy (non-hydrogen) atoms. The van der Waals surface area contributed by atoms with Gasteiger partial charge in [0.05, 0.1) is 0 Å². The second kappa shape index (κ2) is 3.96. The summed E-state index contributed by atoms with van der Waals surface area (Å²) in [6.07, 6.45) is -5.59. The fourth-order valence-electron chi connectivity index (χ4n) is 1.29. The zero-order chi connectivity index (χ0) is 11.1. The standard InChI is InChI=1S/C7H15AsO6/c1-8(2,13)6(11)5-3(9)4(10)7(12)14-5/h3-7,9-12H,1-2H3/t3-,4+,5-,6?,7+/m0/s1. The number of hydrogen-bond donors (Lipinski definition) is 4. The molecule has 0 radical (unpaired) electrons. The van der Waals surface area contributed by atoms with Crippen molar-refractivity contribution in [3.8, 4) is 0 Å². The van der Waals surface area contributed by atoms with Crippen molar-refractivity contribution in [2.75, 3.05) is 0 Å². The van der Waals surface area contributed by atoms with Crippen LogP contribution in [0.15, 0.2) is 0 Å². The zero-order valence-electron chi connectivity index (χ0n) is 7.94. The topological polar surface area (TPSA) is 107 Å². The number of aliphatic hydroxyl groups excluding tert-OH is 4. The van der Waals surface area contributed by atoms with E-state index in [1.807, 2.05) is 0 Å². The van der Waals surface area contributed by atoms with Crippen molar-refractivity contribution in [1.82, 2.24) is 0 Å². The minimum absolute atomic E-state index is 1.18. The molecule has 1 aliphatic heterocycles. The Morgan fingerprint density at radius 3 is 2.00 bits per heavy atom. The van der Waals surface area contributed by atoms with Crippen molar-refractivity contribution in [3.63, 3.8) is 0 Å². The summed E-state index contributed by atoms with van der Waals surface area (Å²) in [7, 11) is 0. The predicted molar refractivity (Wildman–Crippen MR) is 47.1 cm³/mol. The Labute approximate surface area is 83.8 Å². The molecule has 0 aliphatic carbocycles. The third-order valence-corrected chi connectivity index (χ3v) is 5.50. The molecule has 1 fully saturated rings. The molecule has 0 aromatic rings. The molecule has 7 heteroatoms. The number of ether oxygens (including phenoxy) is 1. The Morgan fingerprint density at radius 1 is 1.21 bits per heavy atom. The first-order valence-electron chi connectivity index (χ1n) is 4.17. The molecule has 1 heterocycles. The molecule has 5 atom stereocenters. The Kier molecular flexibility index (Phi) is 3.46. The minimum atomic E-state index is -3.46. The van der Waals surface area contributed by atoms with E-state index >= 15 is 0 Å². The fourth-order valence-corrected chi connectivity index (χ4v) is 3.29. The monoisotopic (exact) mass is 270 g/mol. The van der Waals surface area contributed by atoms with Crippen LogP contribution in [0.5, 0.6) is 0 Å². The molecule has 1 unspecified atom stereocenters. The first kappa shape index (κ1) is 12.2. The van der Waals surface area contributed by atoms with Gasteiger partial charge in [-0.05, 0) is 0 Å². The van der Waals surface area contributed by atoms with Gasteiger partial charge in [-0.3, -0.25) is 0 Å². The van der Waals surface area contributed by atoms with Crippen molar-refractivity contribution in [2.45, 2.75) is 40.9 Å². The Hall–Kier alpha value is 0.158. The van der Waals surface area contributed by atoms with Gasteiger partial charge in [0.15, 0.2) is 0 Å². The van der Waals surface area contributed by atoms with Gasteiger partial charge in [-0.25, -0.2) is 0 Å². The van der Waals surface area contributed by atoms with Crippen LogP contribution >= 0.6 is 0 Å². The molecular formula is C7H15AsO6. The molecule has 0 spiro atoms. The van der Waals surface area contributed by atoms with Crippen LogP contribution in [-0.2, 0) is 8.48 Å². The van der Waals surface area contributed by atoms with Crippen LogP contribution in [0, 0.1) is 0 Å². The van der Waals surface area contributed by atoms with Crippen LogP contribution in [0.4, 0.5) is 0 Å². The van der Waals surface area contributed by atoms with Crippen LogP contribution in [0.3, 0.4) is 0 Å². The summed E-state index contributed by atoms with van der Waals surface area (Å²) >= 11 is -3.46. The summed E-state index contributed by atoms with van der Waals surface area (Å²) in [5, 5.41) is 37.1. The van der Waals surface area contributed by atoms with Crippen LogP contribution in [0.1, 0.15) is 0 Å². The molecule has 6 nitrogen and oxygen atoms in total. The van der Waals surface area contributed by atoms with Gasteiger partial charge < -0.3 is 0 Å². The summed E-state index contributed by atoms with van der Waals surface area (Å²) in [6, 6.07) is 0. The molecule has 1 aliphatic rings. The first-order chi connectivity index (χ1) is 6.25. The van der Waals surface area contributed by atoms with Crippen LogP contribution < -0.4 is 0 Å². The van der Waals surface area contributed by atoms with E-state index in [9.17, 15) is 14.0 Å². The number of rotatable bonds is 2. The molecule has 1 rings (SSSR count).